The van der Waals surface area contributed by atoms with E-state index in [0.29, 0.717) is 6.61 Å². The lowest BCUT2D eigenvalue weighted by molar-refractivity contribution is 0.104. The van der Waals surface area contributed by atoms with Crippen LogP contribution in [0.5, 0.6) is 11.5 Å². The molecular formula is C24H24O3S. The molecule has 1 heterocycles. The highest BCUT2D eigenvalue weighted by molar-refractivity contribution is 7.12. The van der Waals surface area contributed by atoms with Gasteiger partial charge in [0, 0.05) is 20.9 Å². The first-order valence-electron chi connectivity index (χ1n) is 9.12. The lowest BCUT2D eigenvalue weighted by atomic mass is 10.1. The Kier molecular flexibility index (Phi) is 6.32. The maximum atomic E-state index is 12.5. The second-order valence-electron chi connectivity index (χ2n) is 6.70. The molecule has 0 radical (unpaired) electrons. The Morgan fingerprint density at radius 1 is 1.04 bits per heavy atom. The van der Waals surface area contributed by atoms with Gasteiger partial charge in [0.05, 0.1) is 7.11 Å². The van der Waals surface area contributed by atoms with E-state index < -0.39 is 0 Å². The van der Waals surface area contributed by atoms with E-state index in [2.05, 4.69) is 0 Å². The minimum Gasteiger partial charge on any atom is -0.496 e. The molecule has 0 bridgehead atoms. The molecule has 3 rings (SSSR count). The standard InChI is InChI=1S/C24H24O3S/c1-16-5-9-21(10-6-16)27-15-20-14-19(8-12-24(20)26-4)7-11-23(25)22-13-17(2)28-18(22)3/h5-14H,15H2,1-4H3/b11-7+. The Bertz CT molecular complexity index is 997. The van der Waals surface area contributed by atoms with Crippen molar-refractivity contribution in [1.82, 2.24) is 0 Å². The van der Waals surface area contributed by atoms with Gasteiger partial charge in [-0.25, -0.2) is 0 Å². The Balaban J connectivity index is 1.75. The summed E-state index contributed by atoms with van der Waals surface area (Å²) in [7, 11) is 1.64. The van der Waals surface area contributed by atoms with E-state index in [9.17, 15) is 4.79 Å². The first-order chi connectivity index (χ1) is 13.5. The Hall–Kier alpha value is -2.85. The third-order valence-corrected chi connectivity index (χ3v) is 5.42. The third-order valence-electron chi connectivity index (χ3n) is 4.45. The van der Waals surface area contributed by atoms with E-state index in [1.54, 1.807) is 24.5 Å². The number of ketones is 1. The molecule has 0 aliphatic heterocycles. The van der Waals surface area contributed by atoms with Gasteiger partial charge in [-0.3, -0.25) is 4.79 Å². The van der Waals surface area contributed by atoms with Crippen LogP contribution >= 0.6 is 11.3 Å². The summed E-state index contributed by atoms with van der Waals surface area (Å²) in [5, 5.41) is 0. The lowest BCUT2D eigenvalue weighted by Gasteiger charge is -2.11. The fourth-order valence-electron chi connectivity index (χ4n) is 2.95. The van der Waals surface area contributed by atoms with E-state index in [1.165, 1.54) is 5.56 Å². The largest absolute Gasteiger partial charge is 0.496 e. The van der Waals surface area contributed by atoms with E-state index >= 15 is 0 Å². The number of hydrogen-bond acceptors (Lipinski definition) is 4. The lowest BCUT2D eigenvalue weighted by Crippen LogP contribution is -1.99. The molecule has 28 heavy (non-hydrogen) atoms. The van der Waals surface area contributed by atoms with Gasteiger partial charge in [0.15, 0.2) is 5.78 Å². The van der Waals surface area contributed by atoms with Crippen LogP contribution in [0.2, 0.25) is 0 Å². The van der Waals surface area contributed by atoms with Crippen molar-refractivity contribution in [2.45, 2.75) is 27.4 Å². The highest BCUT2D eigenvalue weighted by atomic mass is 32.1. The zero-order valence-corrected chi connectivity index (χ0v) is 17.4. The molecule has 0 aliphatic rings. The van der Waals surface area contributed by atoms with Crippen molar-refractivity contribution in [3.63, 3.8) is 0 Å². The van der Waals surface area contributed by atoms with Crippen molar-refractivity contribution in [2.24, 2.45) is 0 Å². The Labute approximate surface area is 170 Å². The summed E-state index contributed by atoms with van der Waals surface area (Å²) in [5.74, 6) is 1.60. The summed E-state index contributed by atoms with van der Waals surface area (Å²) in [6.07, 6.45) is 3.46. The van der Waals surface area contributed by atoms with Gasteiger partial charge < -0.3 is 9.47 Å². The highest BCUT2D eigenvalue weighted by Gasteiger charge is 2.09. The van der Waals surface area contributed by atoms with Crippen molar-refractivity contribution in [3.8, 4) is 11.5 Å². The van der Waals surface area contributed by atoms with E-state index in [1.807, 2.05) is 75.4 Å². The SMILES string of the molecule is COc1ccc(/C=C/C(=O)c2cc(C)sc2C)cc1COc1ccc(C)cc1. The van der Waals surface area contributed by atoms with Gasteiger partial charge in [0.1, 0.15) is 18.1 Å². The van der Waals surface area contributed by atoms with Crippen molar-refractivity contribution >= 4 is 23.2 Å². The molecule has 3 aromatic rings. The van der Waals surface area contributed by atoms with Crippen LogP contribution in [-0.2, 0) is 6.61 Å². The van der Waals surface area contributed by atoms with Gasteiger partial charge in [0.2, 0.25) is 0 Å². The monoisotopic (exact) mass is 392 g/mol. The summed E-state index contributed by atoms with van der Waals surface area (Å²) in [4.78, 5) is 14.7. The predicted molar refractivity (Wildman–Crippen MR) is 116 cm³/mol. The van der Waals surface area contributed by atoms with Gasteiger partial charge >= 0.3 is 0 Å². The molecular weight excluding hydrogens is 368 g/mol. The highest BCUT2D eigenvalue weighted by Crippen LogP contribution is 2.24. The molecule has 0 fully saturated rings. The van der Waals surface area contributed by atoms with Gasteiger partial charge in [0.25, 0.3) is 0 Å². The summed E-state index contributed by atoms with van der Waals surface area (Å²) in [6.45, 7) is 6.43. The molecule has 0 saturated carbocycles. The molecule has 0 amide bonds. The summed E-state index contributed by atoms with van der Waals surface area (Å²) in [5.41, 5.74) is 3.83. The van der Waals surface area contributed by atoms with Gasteiger partial charge in [-0.05, 0) is 62.7 Å². The number of rotatable bonds is 7. The zero-order chi connectivity index (χ0) is 20.1. The number of benzene rings is 2. The summed E-state index contributed by atoms with van der Waals surface area (Å²) < 4.78 is 11.3. The van der Waals surface area contributed by atoms with Crippen LogP contribution < -0.4 is 9.47 Å². The molecule has 0 N–H and O–H groups in total. The van der Waals surface area contributed by atoms with Crippen LogP contribution in [0.15, 0.2) is 54.6 Å². The fourth-order valence-corrected chi connectivity index (χ4v) is 3.88. The van der Waals surface area contributed by atoms with E-state index in [-0.39, 0.29) is 5.78 Å². The number of carbonyl (C=O) groups excluding carboxylic acids is 1. The molecule has 0 unspecified atom stereocenters. The van der Waals surface area contributed by atoms with Crippen molar-refractivity contribution in [1.29, 1.82) is 0 Å². The van der Waals surface area contributed by atoms with Crippen molar-refractivity contribution in [2.75, 3.05) is 7.11 Å². The number of carbonyl (C=O) groups is 1. The molecule has 4 heteroatoms. The minimum atomic E-state index is 0.0233. The summed E-state index contributed by atoms with van der Waals surface area (Å²) >= 11 is 1.64. The topological polar surface area (TPSA) is 35.5 Å². The van der Waals surface area contributed by atoms with Crippen LogP contribution in [0.1, 0.15) is 36.8 Å². The van der Waals surface area contributed by atoms with Crippen LogP contribution in [0.25, 0.3) is 6.08 Å². The van der Waals surface area contributed by atoms with Crippen molar-refractivity contribution < 1.29 is 14.3 Å². The zero-order valence-electron chi connectivity index (χ0n) is 16.6. The molecule has 0 atom stereocenters. The van der Waals surface area contributed by atoms with Crippen molar-refractivity contribution in [3.05, 3.63) is 86.6 Å². The van der Waals surface area contributed by atoms with Crippen LogP contribution in [-0.4, -0.2) is 12.9 Å². The molecule has 3 nitrogen and oxygen atoms in total. The number of ether oxygens (including phenoxy) is 2. The maximum absolute atomic E-state index is 12.5. The first kappa shape index (κ1) is 19.9. The second kappa shape index (κ2) is 8.89. The predicted octanol–water partition coefficient (Wildman–Crippen LogP) is 6.16. The smallest absolute Gasteiger partial charge is 0.186 e. The Morgan fingerprint density at radius 3 is 2.43 bits per heavy atom. The van der Waals surface area contributed by atoms with Gasteiger partial charge in [-0.1, -0.05) is 29.8 Å². The van der Waals surface area contributed by atoms with Crippen LogP contribution in [0, 0.1) is 20.8 Å². The molecule has 2 aromatic carbocycles. The molecule has 144 valence electrons. The Morgan fingerprint density at radius 2 is 1.79 bits per heavy atom. The number of aryl methyl sites for hydroxylation is 3. The molecule has 0 saturated heterocycles. The second-order valence-corrected chi connectivity index (χ2v) is 8.16. The van der Waals surface area contributed by atoms with Gasteiger partial charge in [-0.15, -0.1) is 11.3 Å². The fraction of sp³-hybridized carbons (Fsp3) is 0.208. The minimum absolute atomic E-state index is 0.0233. The average Bonchev–Trinajstić information content (AvgIpc) is 3.04. The molecule has 1 aromatic heterocycles. The van der Waals surface area contributed by atoms with E-state index in [4.69, 9.17) is 9.47 Å². The third kappa shape index (κ3) is 4.90. The number of allylic oxidation sites excluding steroid dienone is 1. The maximum Gasteiger partial charge on any atom is 0.186 e. The van der Waals surface area contributed by atoms with E-state index in [0.717, 1.165) is 37.9 Å². The van der Waals surface area contributed by atoms with Crippen LogP contribution in [0.3, 0.4) is 0 Å². The molecule has 0 spiro atoms. The quantitative estimate of drug-likeness (QED) is 0.357. The van der Waals surface area contributed by atoms with Gasteiger partial charge in [-0.2, -0.15) is 0 Å². The summed E-state index contributed by atoms with van der Waals surface area (Å²) in [6, 6.07) is 15.7. The molecule has 0 aliphatic carbocycles. The number of thiophene rings is 1. The number of hydrogen-bond donors (Lipinski definition) is 0. The first-order valence-corrected chi connectivity index (χ1v) is 9.94. The normalized spacial score (nSPS) is 11.0. The average molecular weight is 393 g/mol. The van der Waals surface area contributed by atoms with Crippen LogP contribution in [0.4, 0.5) is 0 Å². The number of methoxy groups -OCH3 is 1.